The summed E-state index contributed by atoms with van der Waals surface area (Å²) in [6.45, 7) is 12.5. The van der Waals surface area contributed by atoms with Gasteiger partial charge in [0.1, 0.15) is 0 Å². The molecule has 0 saturated heterocycles. The molecule has 2 aliphatic rings. The summed E-state index contributed by atoms with van der Waals surface area (Å²) in [4.78, 5) is 0. The first kappa shape index (κ1) is 33.9. The molecule has 0 heterocycles. The molecule has 166 valence electrons. The zero-order valence-electron chi connectivity index (χ0n) is 19.2. The van der Waals surface area contributed by atoms with Gasteiger partial charge in [-0.1, -0.05) is 35.4 Å². The average molecular weight is 523 g/mol. The summed E-state index contributed by atoms with van der Waals surface area (Å²) in [5.41, 5.74) is 5.51. The average Bonchev–Trinajstić information content (AvgIpc) is 3.34. The Morgan fingerprint density at radius 2 is 1.37 bits per heavy atom. The van der Waals surface area contributed by atoms with Gasteiger partial charge in [0, 0.05) is 0 Å². The van der Waals surface area contributed by atoms with E-state index in [9.17, 15) is 0 Å². The summed E-state index contributed by atoms with van der Waals surface area (Å²) < 4.78 is 3.34. The quantitative estimate of drug-likeness (QED) is 0.260. The molecule has 0 fully saturated rings. The van der Waals surface area contributed by atoms with Crippen LogP contribution in [0.5, 0.6) is 0 Å². The zero-order valence-corrected chi connectivity index (χ0v) is 23.3. The van der Waals surface area contributed by atoms with Crippen molar-refractivity contribution in [2.24, 2.45) is 0 Å². The molecule has 30 heavy (non-hydrogen) atoms. The van der Waals surface area contributed by atoms with Crippen molar-refractivity contribution in [3.05, 3.63) is 95.8 Å². The third-order valence-electron chi connectivity index (χ3n) is 3.20. The number of hydrogen-bond acceptors (Lipinski definition) is 0. The van der Waals surface area contributed by atoms with E-state index in [1.54, 1.807) is 0 Å². The van der Waals surface area contributed by atoms with E-state index in [0.29, 0.717) is 0 Å². The van der Waals surface area contributed by atoms with E-state index in [1.807, 2.05) is 18.2 Å². The fourth-order valence-electron chi connectivity index (χ4n) is 2.34. The molecule has 2 aliphatic carbocycles. The normalized spacial score (nSPS) is 10.8. The van der Waals surface area contributed by atoms with Gasteiger partial charge in [-0.25, -0.2) is 12.2 Å². The first-order chi connectivity index (χ1) is 13.4. The van der Waals surface area contributed by atoms with Gasteiger partial charge in [-0.3, -0.25) is 6.08 Å². The minimum Gasteiger partial charge on any atom is -0.179 e. The third-order valence-corrected chi connectivity index (χ3v) is 3.20. The fraction of sp³-hybridized carbons (Fsp3) is 0.296. The third kappa shape index (κ3) is 16.0. The van der Waals surface area contributed by atoms with Crippen LogP contribution in [0.2, 0.25) is 0 Å². The van der Waals surface area contributed by atoms with Crippen LogP contribution in [0.25, 0.3) is 11.1 Å². The number of fused-ring (bicyclic) bond motifs is 3. The van der Waals surface area contributed by atoms with Crippen molar-refractivity contribution < 1.29 is 24.2 Å². The molecule has 0 atom stereocenters. The van der Waals surface area contributed by atoms with Crippen LogP contribution >= 0.6 is 24.8 Å². The molecule has 3 heteroatoms. The van der Waals surface area contributed by atoms with E-state index in [4.69, 9.17) is 0 Å². The van der Waals surface area contributed by atoms with Crippen LogP contribution in [0.15, 0.2) is 60.7 Å². The summed E-state index contributed by atoms with van der Waals surface area (Å²) in [6, 6.07) is 18.1. The van der Waals surface area contributed by atoms with Crippen LogP contribution in [0.1, 0.15) is 59.1 Å². The van der Waals surface area contributed by atoms with E-state index in [0.717, 1.165) is 12.8 Å². The van der Waals surface area contributed by atoms with Crippen LogP contribution in [0, 0.1) is 24.0 Å². The van der Waals surface area contributed by atoms with Crippen LogP contribution in [0.3, 0.4) is 0 Å². The summed E-state index contributed by atoms with van der Waals surface area (Å²) in [5.74, 6) is 2.83. The van der Waals surface area contributed by atoms with Crippen molar-refractivity contribution >= 4 is 29.0 Å². The van der Waals surface area contributed by atoms with E-state index in [1.165, 1.54) is 58.3 Å². The van der Waals surface area contributed by atoms with E-state index in [2.05, 4.69) is 100 Å². The van der Waals surface area contributed by atoms with Crippen LogP contribution in [-0.2, 0) is 30.7 Å². The Balaban J connectivity index is -0.000000364. The standard InChI is InChI=1S/C13H9.C5H5.2C4H9.CH2.2ClH.Zr/c1-3-7-12-10(5-1)9-11-6-2-4-8-13(11)12;1-2-4-5-3-1;2*1-4(2)3;;;;/h1-5,7-8H,9H2;1-3H,4H2;2*1-3H3;1H2;2*1H;/q4*-1;;;;. The Bertz CT molecular complexity index is 653. The van der Waals surface area contributed by atoms with Crippen molar-refractivity contribution in [1.29, 1.82) is 0 Å². The molecular weight excluding hydrogens is 486 g/mol. The molecule has 0 nitrogen and oxygen atoms in total. The second-order valence-electron chi connectivity index (χ2n) is 7.40. The summed E-state index contributed by atoms with van der Waals surface area (Å²) in [7, 11) is 0. The predicted molar refractivity (Wildman–Crippen MR) is 137 cm³/mol. The van der Waals surface area contributed by atoms with Gasteiger partial charge in [0.05, 0.1) is 0 Å². The molecule has 0 radical (unpaired) electrons. The van der Waals surface area contributed by atoms with Gasteiger partial charge in [0.15, 0.2) is 0 Å². The Hall–Kier alpha value is -0.747. The molecule has 0 amide bonds. The van der Waals surface area contributed by atoms with Crippen molar-refractivity contribution in [2.75, 3.05) is 0 Å². The van der Waals surface area contributed by atoms with Gasteiger partial charge in [0.25, 0.3) is 0 Å². The molecule has 0 aromatic heterocycles. The Morgan fingerprint density at radius 1 is 0.833 bits per heavy atom. The van der Waals surface area contributed by atoms with Crippen molar-refractivity contribution in [3.8, 4) is 11.1 Å². The van der Waals surface area contributed by atoms with Gasteiger partial charge in [-0.2, -0.15) is 77.4 Å². The maximum absolute atomic E-state index is 3.34. The number of hydrogen-bond donors (Lipinski definition) is 0. The summed E-state index contributed by atoms with van der Waals surface area (Å²) in [5, 5.41) is 0. The number of rotatable bonds is 0. The zero-order chi connectivity index (χ0) is 21.4. The van der Waals surface area contributed by atoms with Gasteiger partial charge >= 0.3 is 28.4 Å². The van der Waals surface area contributed by atoms with Crippen molar-refractivity contribution in [2.45, 2.75) is 54.4 Å². The maximum Gasteiger partial charge on any atom is -0.0253 e. The monoisotopic (exact) mass is 520 g/mol. The molecule has 0 aliphatic heterocycles. The second-order valence-corrected chi connectivity index (χ2v) is 7.40. The van der Waals surface area contributed by atoms with Crippen LogP contribution in [0.4, 0.5) is 0 Å². The van der Waals surface area contributed by atoms with Gasteiger partial charge < -0.3 is 11.8 Å². The molecule has 0 unspecified atom stereocenters. The molecule has 0 saturated carbocycles. The molecule has 0 spiro atoms. The van der Waals surface area contributed by atoms with Gasteiger partial charge in [0.2, 0.25) is 0 Å². The van der Waals surface area contributed by atoms with Crippen LogP contribution < -0.4 is 0 Å². The Labute approximate surface area is 213 Å². The molecule has 2 aromatic rings. The number of allylic oxidation sites excluding steroid dienone is 4. The van der Waals surface area contributed by atoms with Gasteiger partial charge in [-0.05, 0) is 6.42 Å². The van der Waals surface area contributed by atoms with Crippen LogP contribution in [-0.4, -0.2) is 4.21 Å². The molecule has 0 bridgehead atoms. The smallest absolute Gasteiger partial charge is 0.0253 e. The van der Waals surface area contributed by atoms with Crippen molar-refractivity contribution in [3.63, 3.8) is 0 Å². The topological polar surface area (TPSA) is 0 Å². The molecular formula is C27H36Cl2Zr-4. The largest absolute Gasteiger partial charge is 0.179 e. The minimum absolute atomic E-state index is 0. The maximum atomic E-state index is 3.34. The summed E-state index contributed by atoms with van der Waals surface area (Å²) >= 11 is 1.30. The number of halogens is 2. The second kappa shape index (κ2) is 21.5. The van der Waals surface area contributed by atoms with Crippen molar-refractivity contribution in [1.82, 2.24) is 0 Å². The Morgan fingerprint density at radius 3 is 1.83 bits per heavy atom. The van der Waals surface area contributed by atoms with E-state index < -0.39 is 0 Å². The first-order valence-electron chi connectivity index (χ1n) is 9.60. The fourth-order valence-corrected chi connectivity index (χ4v) is 2.34. The molecule has 0 N–H and O–H groups in total. The SMILES string of the molecule is C[C-](C)C.C[C-](C)C.Cl.Cl.[C-]1=CC=CC1.[CH2]=[Zr].[c-]1cccc2c1Cc1ccccc1-2. The first-order valence-corrected chi connectivity index (χ1v) is 11.3. The van der Waals surface area contributed by atoms with Gasteiger partial charge in [-0.15, -0.1) is 36.8 Å². The number of benzene rings is 2. The predicted octanol–water partition coefficient (Wildman–Crippen LogP) is 8.41. The minimum atomic E-state index is 0. The molecule has 4 rings (SSSR count). The van der Waals surface area contributed by atoms with E-state index in [-0.39, 0.29) is 24.8 Å². The Kier molecular flexibility index (Phi) is 24.3. The molecule has 2 aromatic carbocycles. The summed E-state index contributed by atoms with van der Waals surface area (Å²) in [6.07, 6.45) is 11.0. The van der Waals surface area contributed by atoms with E-state index >= 15 is 0 Å².